The van der Waals surface area contributed by atoms with Gasteiger partial charge < -0.3 is 75.8 Å². The Hall–Kier alpha value is -6.41. The molecular weight excluding hydrogens is 1050 g/mol. The number of hydrogen-bond donors (Lipinski definition) is 10. The van der Waals surface area contributed by atoms with Crippen LogP contribution in [0.4, 0.5) is 26.5 Å². The van der Waals surface area contributed by atoms with Gasteiger partial charge in [0.05, 0.1) is 44.8 Å². The number of imidazole rings is 1. The van der Waals surface area contributed by atoms with Crippen LogP contribution in [-0.2, 0) is 69.0 Å². The zero-order chi connectivity index (χ0) is 54.4. The summed E-state index contributed by atoms with van der Waals surface area (Å²) in [7, 11) is -10.7. The summed E-state index contributed by atoms with van der Waals surface area (Å²) in [6, 6.07) is 11.0. The Morgan fingerprint density at radius 2 is 1.52 bits per heavy atom. The molecule has 5 aromatic rings. The maximum absolute atomic E-state index is 14.1. The Morgan fingerprint density at radius 3 is 2.19 bits per heavy atom. The number of hydrogen-bond acceptors (Lipinski definition) is 23. The highest BCUT2D eigenvalue weighted by atomic mass is 31.2. The van der Waals surface area contributed by atoms with Crippen LogP contribution in [-0.4, -0.2) is 152 Å². The number of phosphoric acid groups is 2. The Balaban J connectivity index is 1.06. The van der Waals surface area contributed by atoms with Crippen molar-refractivity contribution < 1.29 is 95.2 Å². The normalized spacial score (nSPS) is 23.1. The Labute approximate surface area is 422 Å². The van der Waals surface area contributed by atoms with Crippen LogP contribution in [0.1, 0.15) is 37.4 Å². The molecule has 12 N–H and O–H groups in total. The molecule has 10 atom stereocenters. The molecule has 30 nitrogen and oxygen atoms in total. The number of aliphatic hydroxyl groups is 3. The van der Waals surface area contributed by atoms with Gasteiger partial charge in [-0.05, 0) is 55.3 Å². The summed E-state index contributed by atoms with van der Waals surface area (Å²) in [4.78, 5) is 97.9. The number of rotatable bonds is 22. The number of fused-ring (bicyclic) bond motifs is 1. The van der Waals surface area contributed by atoms with Crippen LogP contribution in [0, 0.1) is 5.82 Å². The van der Waals surface area contributed by atoms with Crippen LogP contribution in [0.15, 0.2) is 78.2 Å². The van der Waals surface area contributed by atoms with E-state index in [1.807, 2.05) is 0 Å². The van der Waals surface area contributed by atoms with Crippen molar-refractivity contribution in [3.05, 3.63) is 101 Å². The first-order valence-corrected chi connectivity index (χ1v) is 25.2. The van der Waals surface area contributed by atoms with Crippen molar-refractivity contribution in [2.75, 3.05) is 43.2 Å². The topological polar surface area (TPSA) is 435 Å². The molecule has 2 aromatic carbocycles. The van der Waals surface area contributed by atoms with Crippen molar-refractivity contribution in [1.82, 2.24) is 34.4 Å². The van der Waals surface area contributed by atoms with Crippen molar-refractivity contribution in [3.63, 3.8) is 0 Å². The van der Waals surface area contributed by atoms with Crippen LogP contribution in [0.2, 0.25) is 0 Å². The number of phosphoric ester groups is 2. The third kappa shape index (κ3) is 15.1. The van der Waals surface area contributed by atoms with Crippen molar-refractivity contribution in [3.8, 4) is 0 Å². The fraction of sp³-hybridized carbons (Fsp3) is 0.429. The number of nitrogens with one attached hydrogen (secondary N) is 2. The number of ether oxygens (including phenoxy) is 5. The summed E-state index contributed by atoms with van der Waals surface area (Å²) >= 11 is 0. The highest BCUT2D eigenvalue weighted by Crippen LogP contribution is 2.50. The number of alkyl carbamates (subject to hydrolysis) is 1. The second kappa shape index (κ2) is 23.6. The Bertz CT molecular complexity index is 2980. The molecule has 0 spiro atoms. The fourth-order valence-corrected chi connectivity index (χ4v) is 8.77. The molecule has 5 heterocycles. The van der Waals surface area contributed by atoms with Crippen LogP contribution in [0.5, 0.6) is 0 Å². The third-order valence-corrected chi connectivity index (χ3v) is 12.4. The van der Waals surface area contributed by atoms with E-state index in [9.17, 15) is 62.7 Å². The van der Waals surface area contributed by atoms with Gasteiger partial charge in [-0.1, -0.05) is 24.3 Å². The average Bonchev–Trinajstić information content (AvgIpc) is 4.00. The lowest BCUT2D eigenvalue weighted by Crippen LogP contribution is -2.49. The molecular formula is C42H51FN10O20P2. The summed E-state index contributed by atoms with van der Waals surface area (Å²) in [5.74, 6) is -2.40. The number of nitrogens with two attached hydrogens (primary N) is 2. The smallest absolute Gasteiger partial charge is 0.455 e. The lowest BCUT2D eigenvalue weighted by Gasteiger charge is -2.26. The summed E-state index contributed by atoms with van der Waals surface area (Å²) in [6.07, 6.45) is -12.6. The van der Waals surface area contributed by atoms with Gasteiger partial charge in [0.15, 0.2) is 36.1 Å². The maximum atomic E-state index is 14.1. The Morgan fingerprint density at radius 1 is 0.880 bits per heavy atom. The number of carbonyl (C=O) groups is 3. The third-order valence-electron chi connectivity index (χ3n) is 10.9. The first-order valence-electron chi connectivity index (χ1n) is 22.2. The minimum Gasteiger partial charge on any atom is -0.455 e. The number of anilines is 3. The first-order chi connectivity index (χ1) is 35.3. The molecule has 33 heteroatoms. The number of nitrogens with zero attached hydrogens (tertiary/aromatic N) is 6. The molecule has 2 fully saturated rings. The predicted molar refractivity (Wildman–Crippen MR) is 250 cm³/mol. The minimum atomic E-state index is -5.52. The van der Waals surface area contributed by atoms with Crippen LogP contribution in [0.25, 0.3) is 11.2 Å². The highest BCUT2D eigenvalue weighted by Gasteiger charge is 2.52. The standard InChI is InChI=1S/C42H51FN10O20P2/c1-42(2,60)18-66-15-25(50-41(59)67-14-22-5-9-24(10-6-22)49-29(54)13-21-3-7-23(43)8-4-21)39(57)72-33-26(70-38(31(33)55)53-20-48-30-35(45)46-19-47-36(30)53)17-69-75(64,65)73-34-27(16-68-74(61,62)63)71-37(32(34)56)52-12-11-28(44)51-40(52)58/h3-12,19-20,25-27,31-34,37-38,55-56,60H,13-18H2,1-2H3,(H,49,54)(H,50,59)(H,64,65)(H2,44,51,58)(H2,45,46,47)(H2,61,62,63)/t25-,26+,27+,31+,32+,33+,34+,37?,38?/m0/s1. The molecule has 3 aromatic heterocycles. The molecule has 0 saturated carbocycles. The van der Waals surface area contributed by atoms with Gasteiger partial charge >= 0.3 is 33.4 Å². The monoisotopic (exact) mass is 1100 g/mol. The Kier molecular flexibility index (Phi) is 17.8. The van der Waals surface area contributed by atoms with Crippen molar-refractivity contribution in [1.29, 1.82) is 0 Å². The summed E-state index contributed by atoms with van der Waals surface area (Å²) < 4.78 is 83.6. The zero-order valence-electron chi connectivity index (χ0n) is 39.4. The van der Waals surface area contributed by atoms with E-state index in [2.05, 4.69) is 35.1 Å². The molecule has 2 aliphatic heterocycles. The number of carbonyl (C=O) groups excluding carboxylic acids is 3. The summed E-state index contributed by atoms with van der Waals surface area (Å²) in [5.41, 5.74) is 10.5. The molecule has 0 bridgehead atoms. The summed E-state index contributed by atoms with van der Waals surface area (Å²) in [6.45, 7) is -0.713. The van der Waals surface area contributed by atoms with Gasteiger partial charge in [-0.25, -0.2) is 42.9 Å². The maximum Gasteiger partial charge on any atom is 0.472 e. The van der Waals surface area contributed by atoms with Gasteiger partial charge in [-0.2, -0.15) is 4.98 Å². The van der Waals surface area contributed by atoms with Crippen molar-refractivity contribution in [2.45, 2.75) is 87.6 Å². The largest absolute Gasteiger partial charge is 0.472 e. The fourth-order valence-electron chi connectivity index (χ4n) is 7.46. The molecule has 2 aliphatic rings. The van der Waals surface area contributed by atoms with E-state index in [-0.39, 0.29) is 48.3 Å². The number of nitrogen functional groups attached to an aromatic ring is 2. The lowest BCUT2D eigenvalue weighted by atomic mass is 10.1. The van der Waals surface area contributed by atoms with Gasteiger partial charge in [0.1, 0.15) is 60.6 Å². The SMILES string of the molecule is CC(C)(O)COC[C@H](NC(=O)OCc1ccc(NC(=O)Cc2ccc(F)cc2)cc1)C(=O)O[C@@H]1[C@@H](COP(=O)(O)O[C@@H]2[C@@H](COP(=O)(O)O)OC(n3ccc(N)nc3=O)[C@@H]2O)OC(n2cnc3c(N)ncnc32)[C@@H]1O. The van der Waals surface area contributed by atoms with Gasteiger partial charge in [-0.3, -0.25) is 27.5 Å². The van der Waals surface area contributed by atoms with Crippen LogP contribution < -0.4 is 27.8 Å². The molecule has 0 aliphatic carbocycles. The average molecular weight is 1100 g/mol. The number of aromatic nitrogens is 6. The number of esters is 1. The number of benzene rings is 2. The molecule has 7 rings (SSSR count). The second-order valence-corrected chi connectivity index (χ2v) is 20.1. The van der Waals surface area contributed by atoms with E-state index in [1.54, 1.807) is 12.1 Å². The van der Waals surface area contributed by atoms with Crippen LogP contribution in [0.3, 0.4) is 0 Å². The first kappa shape index (κ1) is 56.3. The van der Waals surface area contributed by atoms with Gasteiger partial charge in [0, 0.05) is 11.9 Å². The molecule has 406 valence electrons. The zero-order valence-corrected chi connectivity index (χ0v) is 41.2. The van der Waals surface area contributed by atoms with Crippen molar-refractivity contribution in [2.24, 2.45) is 0 Å². The second-order valence-electron chi connectivity index (χ2n) is 17.4. The van der Waals surface area contributed by atoms with Gasteiger partial charge in [0.25, 0.3) is 0 Å². The quantitative estimate of drug-likeness (QED) is 0.0314. The molecule has 75 heavy (non-hydrogen) atoms. The number of aliphatic hydroxyl groups excluding tert-OH is 2. The van der Waals surface area contributed by atoms with E-state index in [4.69, 9.17) is 44.2 Å². The number of halogens is 1. The molecule has 3 unspecified atom stereocenters. The van der Waals surface area contributed by atoms with E-state index in [1.165, 1.54) is 54.8 Å². The molecule has 2 amide bonds. The van der Waals surface area contributed by atoms with E-state index in [0.717, 1.165) is 24.9 Å². The summed E-state index contributed by atoms with van der Waals surface area (Å²) in [5, 5.41) is 38.3. The lowest BCUT2D eigenvalue weighted by molar-refractivity contribution is -0.161. The van der Waals surface area contributed by atoms with Gasteiger partial charge in [0.2, 0.25) is 5.91 Å². The van der Waals surface area contributed by atoms with Crippen LogP contribution >= 0.6 is 15.6 Å². The van der Waals surface area contributed by atoms with E-state index in [0.29, 0.717) is 21.4 Å². The van der Waals surface area contributed by atoms with Crippen molar-refractivity contribution >= 4 is 62.1 Å². The molecule has 0 radical (unpaired) electrons. The van der Waals surface area contributed by atoms with E-state index < -0.39 is 120 Å². The number of amides is 2. The predicted octanol–water partition coefficient (Wildman–Crippen LogP) is -0.310. The minimum absolute atomic E-state index is 0.0154. The van der Waals surface area contributed by atoms with E-state index >= 15 is 0 Å². The highest BCUT2D eigenvalue weighted by molar-refractivity contribution is 7.47. The van der Waals surface area contributed by atoms with Gasteiger partial charge in [-0.15, -0.1) is 0 Å². The molecule has 2 saturated heterocycles.